The van der Waals surface area contributed by atoms with Crippen LogP contribution in [0, 0.1) is 13.8 Å². The molecule has 31 heavy (non-hydrogen) atoms. The number of imide groups is 1. The molecule has 1 aromatic heterocycles. The number of benzene rings is 2. The Morgan fingerprint density at radius 1 is 0.935 bits per heavy atom. The topological polar surface area (TPSA) is 101 Å². The van der Waals surface area contributed by atoms with Gasteiger partial charge in [0.15, 0.2) is 0 Å². The van der Waals surface area contributed by atoms with Crippen molar-refractivity contribution in [3.8, 4) is 5.75 Å². The van der Waals surface area contributed by atoms with E-state index in [4.69, 9.17) is 4.74 Å². The molecule has 8 nitrogen and oxygen atoms in total. The van der Waals surface area contributed by atoms with Crippen LogP contribution in [0.2, 0.25) is 0 Å². The van der Waals surface area contributed by atoms with Crippen molar-refractivity contribution < 1.29 is 19.1 Å². The number of carbonyl (C=O) groups excluding carboxylic acids is 3. The van der Waals surface area contributed by atoms with Crippen LogP contribution < -0.4 is 10.1 Å². The molecule has 0 saturated heterocycles. The molecule has 0 aliphatic carbocycles. The van der Waals surface area contributed by atoms with Crippen molar-refractivity contribution in [2.75, 3.05) is 5.32 Å². The minimum atomic E-state index is -1.06. The summed E-state index contributed by atoms with van der Waals surface area (Å²) >= 11 is 0. The third kappa shape index (κ3) is 4.00. The fourth-order valence-corrected chi connectivity index (χ4v) is 3.38. The number of nitrogens with zero attached hydrogens (tertiary/aromatic N) is 3. The number of fused-ring (bicyclic) bond motifs is 1. The van der Waals surface area contributed by atoms with Gasteiger partial charge in [-0.2, -0.15) is 0 Å². The second-order valence-electron chi connectivity index (χ2n) is 7.25. The molecule has 156 valence electrons. The van der Waals surface area contributed by atoms with Gasteiger partial charge in [-0.1, -0.05) is 12.1 Å². The summed E-state index contributed by atoms with van der Waals surface area (Å²) in [5.41, 5.74) is 3.00. The zero-order valence-electron chi connectivity index (χ0n) is 17.2. The van der Waals surface area contributed by atoms with E-state index in [0.29, 0.717) is 11.7 Å². The molecule has 1 aliphatic rings. The summed E-state index contributed by atoms with van der Waals surface area (Å²) in [6, 6.07) is 14.0. The van der Waals surface area contributed by atoms with Gasteiger partial charge in [0.25, 0.3) is 11.8 Å². The number of ether oxygens (including phenoxy) is 1. The fourth-order valence-electron chi connectivity index (χ4n) is 3.38. The number of aromatic nitrogens is 2. The van der Waals surface area contributed by atoms with E-state index in [1.54, 1.807) is 48.5 Å². The molecule has 2 amide bonds. The molecule has 0 spiro atoms. The van der Waals surface area contributed by atoms with Crippen LogP contribution in [0.4, 0.5) is 11.6 Å². The SMILES string of the molecule is Cc1cc(C)nc(Nc2ccc(OC(=O)C(C)N3C(=O)c4ccccc4C3=O)cc2)n1. The van der Waals surface area contributed by atoms with Gasteiger partial charge < -0.3 is 10.1 Å². The van der Waals surface area contributed by atoms with Crippen molar-refractivity contribution in [1.29, 1.82) is 0 Å². The van der Waals surface area contributed by atoms with E-state index in [2.05, 4.69) is 15.3 Å². The van der Waals surface area contributed by atoms with Gasteiger partial charge in [0.2, 0.25) is 5.95 Å². The Morgan fingerprint density at radius 2 is 1.48 bits per heavy atom. The molecule has 3 aromatic rings. The van der Waals surface area contributed by atoms with Crippen LogP contribution in [-0.2, 0) is 4.79 Å². The number of esters is 1. The maximum Gasteiger partial charge on any atom is 0.334 e. The summed E-state index contributed by atoms with van der Waals surface area (Å²) in [7, 11) is 0. The number of aryl methyl sites for hydroxylation is 2. The molecule has 0 saturated carbocycles. The Hall–Kier alpha value is -4.07. The van der Waals surface area contributed by atoms with Crippen molar-refractivity contribution in [2.24, 2.45) is 0 Å². The van der Waals surface area contributed by atoms with Crippen LogP contribution in [0.25, 0.3) is 0 Å². The van der Waals surface area contributed by atoms with Gasteiger partial charge in [-0.25, -0.2) is 14.8 Å². The first-order valence-corrected chi connectivity index (χ1v) is 9.71. The summed E-state index contributed by atoms with van der Waals surface area (Å²) in [5, 5.41) is 3.10. The van der Waals surface area contributed by atoms with Crippen molar-refractivity contribution >= 4 is 29.4 Å². The maximum absolute atomic E-state index is 12.6. The molecular formula is C23H20N4O4. The molecule has 2 aromatic carbocycles. The zero-order chi connectivity index (χ0) is 22.1. The first kappa shape index (κ1) is 20.2. The third-order valence-corrected chi connectivity index (χ3v) is 4.87. The summed E-state index contributed by atoms with van der Waals surface area (Å²) in [4.78, 5) is 47.3. The molecule has 1 N–H and O–H groups in total. The van der Waals surface area contributed by atoms with Crippen LogP contribution in [0.1, 0.15) is 39.0 Å². The third-order valence-electron chi connectivity index (χ3n) is 4.87. The number of carbonyl (C=O) groups is 3. The summed E-state index contributed by atoms with van der Waals surface area (Å²) in [5.74, 6) is -0.939. The van der Waals surface area contributed by atoms with Gasteiger partial charge in [-0.3, -0.25) is 14.5 Å². The van der Waals surface area contributed by atoms with E-state index in [9.17, 15) is 14.4 Å². The molecule has 8 heteroatoms. The molecule has 2 heterocycles. The predicted molar refractivity (Wildman–Crippen MR) is 113 cm³/mol. The first-order chi connectivity index (χ1) is 14.8. The van der Waals surface area contributed by atoms with Crippen molar-refractivity contribution in [1.82, 2.24) is 14.9 Å². The Balaban J connectivity index is 1.43. The average molecular weight is 416 g/mol. The number of anilines is 2. The number of nitrogens with one attached hydrogen (secondary N) is 1. The molecule has 0 fully saturated rings. The lowest BCUT2D eigenvalue weighted by molar-refractivity contribution is -0.138. The van der Waals surface area contributed by atoms with Crippen LogP contribution >= 0.6 is 0 Å². The van der Waals surface area contributed by atoms with E-state index < -0.39 is 23.8 Å². The molecule has 1 atom stereocenters. The van der Waals surface area contributed by atoms with Crippen LogP contribution in [0.3, 0.4) is 0 Å². The summed E-state index contributed by atoms with van der Waals surface area (Å²) < 4.78 is 5.38. The van der Waals surface area contributed by atoms with E-state index in [1.807, 2.05) is 19.9 Å². The highest BCUT2D eigenvalue weighted by molar-refractivity contribution is 6.22. The van der Waals surface area contributed by atoms with Crippen LogP contribution in [0.15, 0.2) is 54.6 Å². The number of hydrogen-bond donors (Lipinski definition) is 1. The zero-order valence-corrected chi connectivity index (χ0v) is 17.2. The number of rotatable bonds is 5. The van der Waals surface area contributed by atoms with Gasteiger partial charge in [-0.05, 0) is 63.2 Å². The van der Waals surface area contributed by atoms with E-state index in [1.165, 1.54) is 6.92 Å². The molecule has 4 rings (SSSR count). The standard InChI is InChI=1S/C23H20N4O4/c1-13-12-14(2)25-23(24-13)26-16-8-10-17(11-9-16)31-22(30)15(3)27-20(28)18-6-4-5-7-19(18)21(27)29/h4-12,15H,1-3H3,(H,24,25,26). The smallest absolute Gasteiger partial charge is 0.334 e. The minimum Gasteiger partial charge on any atom is -0.425 e. The normalized spacial score (nSPS) is 13.7. The first-order valence-electron chi connectivity index (χ1n) is 9.71. The van der Waals surface area contributed by atoms with Gasteiger partial charge in [-0.15, -0.1) is 0 Å². The van der Waals surface area contributed by atoms with E-state index >= 15 is 0 Å². The highest BCUT2D eigenvalue weighted by Gasteiger charge is 2.41. The minimum absolute atomic E-state index is 0.288. The number of hydrogen-bond acceptors (Lipinski definition) is 7. The highest BCUT2D eigenvalue weighted by Crippen LogP contribution is 2.25. The molecule has 0 radical (unpaired) electrons. The summed E-state index contributed by atoms with van der Waals surface area (Å²) in [6.07, 6.45) is 0. The average Bonchev–Trinajstić information content (AvgIpc) is 2.99. The van der Waals surface area contributed by atoms with Crippen LogP contribution in [0.5, 0.6) is 5.75 Å². The second-order valence-corrected chi connectivity index (χ2v) is 7.25. The lowest BCUT2D eigenvalue weighted by Crippen LogP contribution is -2.44. The van der Waals surface area contributed by atoms with Gasteiger partial charge in [0.05, 0.1) is 11.1 Å². The molecule has 1 aliphatic heterocycles. The highest BCUT2D eigenvalue weighted by atomic mass is 16.5. The second kappa shape index (κ2) is 7.98. The maximum atomic E-state index is 12.6. The van der Waals surface area contributed by atoms with Crippen molar-refractivity contribution in [2.45, 2.75) is 26.8 Å². The number of amides is 2. The molecular weight excluding hydrogens is 396 g/mol. The van der Waals surface area contributed by atoms with Crippen molar-refractivity contribution in [3.05, 3.63) is 77.1 Å². The molecule has 0 bridgehead atoms. The van der Waals surface area contributed by atoms with Crippen LogP contribution in [-0.4, -0.2) is 38.7 Å². The van der Waals surface area contributed by atoms with Crippen molar-refractivity contribution in [3.63, 3.8) is 0 Å². The van der Waals surface area contributed by atoms with Gasteiger partial charge >= 0.3 is 5.97 Å². The lowest BCUT2D eigenvalue weighted by Gasteiger charge is -2.20. The quantitative estimate of drug-likeness (QED) is 0.386. The van der Waals surface area contributed by atoms with Gasteiger partial charge in [0, 0.05) is 17.1 Å². The van der Waals surface area contributed by atoms with E-state index in [-0.39, 0.29) is 11.1 Å². The Bertz CT molecular complexity index is 1140. The fraction of sp³-hybridized carbons (Fsp3) is 0.174. The molecule has 1 unspecified atom stereocenters. The lowest BCUT2D eigenvalue weighted by atomic mass is 10.1. The van der Waals surface area contributed by atoms with E-state index in [0.717, 1.165) is 22.0 Å². The predicted octanol–water partition coefficient (Wildman–Crippen LogP) is 3.43. The van der Waals surface area contributed by atoms with Gasteiger partial charge in [0.1, 0.15) is 11.8 Å². The Kier molecular flexibility index (Phi) is 5.21. The Morgan fingerprint density at radius 3 is 2.03 bits per heavy atom. The monoisotopic (exact) mass is 416 g/mol. The largest absolute Gasteiger partial charge is 0.425 e. The summed E-state index contributed by atoms with van der Waals surface area (Å²) in [6.45, 7) is 5.24. The Labute approximate surface area is 178 Å².